The minimum Gasteiger partial charge on any atom is -0.455 e. The highest BCUT2D eigenvalue weighted by Gasteiger charge is 2.22. The Labute approximate surface area is 304 Å². The zero-order valence-corrected chi connectivity index (χ0v) is 28.5. The predicted octanol–water partition coefficient (Wildman–Crippen LogP) is 13.1. The van der Waals surface area contributed by atoms with Crippen LogP contribution >= 0.6 is 0 Å². The molecule has 0 bridgehead atoms. The lowest BCUT2D eigenvalue weighted by molar-refractivity contribution is 0.670. The van der Waals surface area contributed by atoms with Gasteiger partial charge in [0.1, 0.15) is 11.2 Å². The number of benzene rings is 9. The Balaban J connectivity index is 1.17. The van der Waals surface area contributed by atoms with Gasteiger partial charge in [0.25, 0.3) is 0 Å². The number of hydrogen-bond acceptors (Lipinski definition) is 4. The number of nitrogens with zero attached hydrogens (tertiary/aromatic N) is 3. The average molecular weight is 676 g/mol. The van der Waals surface area contributed by atoms with Crippen LogP contribution in [0.3, 0.4) is 0 Å². The summed E-state index contributed by atoms with van der Waals surface area (Å²) in [6.45, 7) is 0. The lowest BCUT2D eigenvalue weighted by Gasteiger charge is -2.13. The third-order valence-electron chi connectivity index (χ3n) is 10.5. The number of aromatic nitrogens is 3. The van der Waals surface area contributed by atoms with Gasteiger partial charge in [-0.15, -0.1) is 0 Å². The van der Waals surface area contributed by atoms with E-state index in [2.05, 4.69) is 133 Å². The first kappa shape index (κ1) is 29.5. The predicted molar refractivity (Wildman–Crippen MR) is 219 cm³/mol. The Bertz CT molecular complexity index is 3240. The fourth-order valence-electron chi connectivity index (χ4n) is 8.00. The second-order valence-electron chi connectivity index (χ2n) is 13.5. The van der Waals surface area contributed by atoms with E-state index in [9.17, 15) is 0 Å². The highest BCUT2D eigenvalue weighted by molar-refractivity contribution is 6.20. The molecule has 0 spiro atoms. The van der Waals surface area contributed by atoms with Crippen LogP contribution in [0.2, 0.25) is 0 Å². The molecule has 4 heteroatoms. The Morgan fingerprint density at radius 2 is 0.887 bits per heavy atom. The van der Waals surface area contributed by atoms with Crippen molar-refractivity contribution in [2.75, 3.05) is 0 Å². The normalized spacial score (nSPS) is 11.8. The van der Waals surface area contributed by atoms with Gasteiger partial charge in [0.2, 0.25) is 0 Å². The summed E-state index contributed by atoms with van der Waals surface area (Å²) in [5.41, 5.74) is 6.54. The lowest BCUT2D eigenvalue weighted by atomic mass is 9.91. The van der Waals surface area contributed by atoms with Gasteiger partial charge in [0.15, 0.2) is 17.5 Å². The number of furan rings is 1. The van der Waals surface area contributed by atoms with Crippen LogP contribution in [0.5, 0.6) is 0 Å². The Morgan fingerprint density at radius 1 is 0.321 bits per heavy atom. The topological polar surface area (TPSA) is 51.8 Å². The monoisotopic (exact) mass is 675 g/mol. The van der Waals surface area contributed by atoms with Gasteiger partial charge in [-0.1, -0.05) is 146 Å². The second-order valence-corrected chi connectivity index (χ2v) is 13.5. The van der Waals surface area contributed by atoms with Gasteiger partial charge in [-0.05, 0) is 79.0 Å². The lowest BCUT2D eigenvalue weighted by Crippen LogP contribution is -2.00. The largest absolute Gasteiger partial charge is 0.455 e. The van der Waals surface area contributed by atoms with Crippen molar-refractivity contribution in [1.82, 2.24) is 15.0 Å². The maximum absolute atomic E-state index is 6.80. The third-order valence-corrected chi connectivity index (χ3v) is 10.5. The minimum absolute atomic E-state index is 0.596. The molecule has 0 radical (unpaired) electrons. The summed E-state index contributed by atoms with van der Waals surface area (Å²) in [7, 11) is 0. The highest BCUT2D eigenvalue weighted by atomic mass is 16.3. The molecule has 2 aromatic heterocycles. The van der Waals surface area contributed by atoms with Gasteiger partial charge in [-0.25, -0.2) is 15.0 Å². The molecule has 53 heavy (non-hydrogen) atoms. The first-order chi connectivity index (χ1) is 26.3. The van der Waals surface area contributed by atoms with Crippen LogP contribution in [0, 0.1) is 0 Å². The van der Waals surface area contributed by atoms with Crippen LogP contribution in [0.4, 0.5) is 0 Å². The standard InChI is InChI=1S/C49H29N3O/c1-2-13-31(14-3-1)47-50-48(34-24-25-37-33(28-34)23-22-30-12-4-6-16-35(30)37)52-49(51-47)42-27-26-40(46-45(42)41-20-10-11-21-44(41)53-46)43-29-32-15-5-7-17-36(32)38-18-8-9-19-39(38)43/h1-29H. The molecule has 0 unspecified atom stereocenters. The summed E-state index contributed by atoms with van der Waals surface area (Å²) >= 11 is 0. The smallest absolute Gasteiger partial charge is 0.164 e. The fraction of sp³-hybridized carbons (Fsp3) is 0. The van der Waals surface area contributed by atoms with Crippen molar-refractivity contribution >= 4 is 65.0 Å². The Hall–Kier alpha value is -7.17. The van der Waals surface area contributed by atoms with Gasteiger partial charge in [0.05, 0.1) is 0 Å². The van der Waals surface area contributed by atoms with E-state index in [-0.39, 0.29) is 0 Å². The SMILES string of the molecule is c1ccc(-c2nc(-c3ccc4c(ccc5ccccc54)c3)nc(-c3ccc(-c4cc5ccccc5c5ccccc45)c4oc5ccccc5c34)n2)cc1. The minimum atomic E-state index is 0.596. The van der Waals surface area contributed by atoms with Gasteiger partial charge in [-0.3, -0.25) is 0 Å². The zero-order valence-electron chi connectivity index (χ0n) is 28.5. The molecule has 0 N–H and O–H groups in total. The van der Waals surface area contributed by atoms with Gasteiger partial charge < -0.3 is 4.42 Å². The van der Waals surface area contributed by atoms with Crippen molar-refractivity contribution in [2.24, 2.45) is 0 Å². The van der Waals surface area contributed by atoms with Crippen LogP contribution in [0.1, 0.15) is 0 Å². The van der Waals surface area contributed by atoms with Crippen molar-refractivity contribution in [2.45, 2.75) is 0 Å². The van der Waals surface area contributed by atoms with Crippen LogP contribution in [0.25, 0.3) is 110 Å². The summed E-state index contributed by atoms with van der Waals surface area (Å²) in [4.78, 5) is 15.5. The van der Waals surface area contributed by atoms with Crippen LogP contribution < -0.4 is 0 Å². The molecule has 4 nitrogen and oxygen atoms in total. The summed E-state index contributed by atoms with van der Waals surface area (Å²) in [5.74, 6) is 1.84. The van der Waals surface area contributed by atoms with Gasteiger partial charge in [-0.2, -0.15) is 0 Å². The average Bonchev–Trinajstić information content (AvgIpc) is 3.63. The van der Waals surface area contributed by atoms with E-state index in [0.717, 1.165) is 55.1 Å². The number of para-hydroxylation sites is 1. The molecule has 0 fully saturated rings. The molecule has 11 aromatic rings. The van der Waals surface area contributed by atoms with Crippen molar-refractivity contribution in [1.29, 1.82) is 0 Å². The van der Waals surface area contributed by atoms with Crippen LogP contribution in [-0.4, -0.2) is 15.0 Å². The molecule has 0 saturated heterocycles. The first-order valence-electron chi connectivity index (χ1n) is 17.9. The third kappa shape index (κ3) is 4.73. The molecule has 11 rings (SSSR count). The quantitative estimate of drug-likeness (QED) is 0.174. The zero-order chi connectivity index (χ0) is 34.9. The second kappa shape index (κ2) is 11.7. The van der Waals surface area contributed by atoms with E-state index < -0.39 is 0 Å². The Morgan fingerprint density at radius 3 is 1.72 bits per heavy atom. The van der Waals surface area contributed by atoms with E-state index in [1.165, 1.54) is 37.7 Å². The van der Waals surface area contributed by atoms with Crippen molar-refractivity contribution < 1.29 is 4.42 Å². The highest BCUT2D eigenvalue weighted by Crippen LogP contribution is 2.44. The van der Waals surface area contributed by atoms with Crippen LogP contribution in [0.15, 0.2) is 180 Å². The van der Waals surface area contributed by atoms with E-state index in [0.29, 0.717) is 17.5 Å². The van der Waals surface area contributed by atoms with E-state index in [4.69, 9.17) is 19.4 Å². The Kier molecular flexibility index (Phi) is 6.52. The van der Waals surface area contributed by atoms with Crippen LogP contribution in [-0.2, 0) is 0 Å². The first-order valence-corrected chi connectivity index (χ1v) is 17.9. The molecule has 2 heterocycles. The summed E-state index contributed by atoms with van der Waals surface area (Å²) in [6, 6.07) is 61.6. The maximum Gasteiger partial charge on any atom is 0.164 e. The maximum atomic E-state index is 6.80. The fourth-order valence-corrected chi connectivity index (χ4v) is 8.00. The molecular formula is C49H29N3O. The van der Waals surface area contributed by atoms with Crippen molar-refractivity contribution in [3.63, 3.8) is 0 Å². The van der Waals surface area contributed by atoms with Gasteiger partial charge in [0, 0.05) is 33.0 Å². The molecular weight excluding hydrogens is 647 g/mol. The molecule has 246 valence electrons. The number of hydrogen-bond donors (Lipinski definition) is 0. The number of rotatable bonds is 4. The van der Waals surface area contributed by atoms with E-state index in [1.54, 1.807) is 0 Å². The van der Waals surface area contributed by atoms with E-state index in [1.807, 2.05) is 42.5 Å². The molecule has 9 aromatic carbocycles. The molecule has 0 aliphatic rings. The van der Waals surface area contributed by atoms with E-state index >= 15 is 0 Å². The molecule has 0 aliphatic heterocycles. The van der Waals surface area contributed by atoms with Gasteiger partial charge >= 0.3 is 0 Å². The molecule has 0 amide bonds. The van der Waals surface area contributed by atoms with Crippen molar-refractivity contribution in [3.05, 3.63) is 176 Å². The summed E-state index contributed by atoms with van der Waals surface area (Å²) in [5, 5.41) is 11.6. The summed E-state index contributed by atoms with van der Waals surface area (Å²) < 4.78 is 6.80. The van der Waals surface area contributed by atoms with Crippen molar-refractivity contribution in [3.8, 4) is 45.3 Å². The molecule has 0 saturated carbocycles. The summed E-state index contributed by atoms with van der Waals surface area (Å²) in [6.07, 6.45) is 0. The number of fused-ring (bicyclic) bond motifs is 9. The molecule has 0 aliphatic carbocycles. The molecule has 0 atom stereocenters.